The average Bonchev–Trinajstić information content (AvgIpc) is 2.75. The first-order valence-electron chi connectivity index (χ1n) is 6.35. The molecule has 1 aromatic heterocycles. The Kier molecular flexibility index (Phi) is 3.19. The van der Waals surface area contributed by atoms with Gasteiger partial charge in [-0.15, -0.1) is 0 Å². The Morgan fingerprint density at radius 3 is 2.95 bits per heavy atom. The van der Waals surface area contributed by atoms with E-state index in [-0.39, 0.29) is 0 Å². The number of halogens is 1. The Hall–Kier alpha value is -1.55. The summed E-state index contributed by atoms with van der Waals surface area (Å²) < 4.78 is 0.854. The molecule has 1 heterocycles. The lowest BCUT2D eigenvalue weighted by Gasteiger charge is -2.17. The molecule has 1 atom stereocenters. The van der Waals surface area contributed by atoms with Crippen LogP contribution in [0.5, 0.6) is 5.75 Å². The number of pyridine rings is 1. The molecule has 2 aromatic rings. The molecule has 0 radical (unpaired) electrons. The maximum absolute atomic E-state index is 9.51. The largest absolute Gasteiger partial charge is 0.508 e. The number of aryl methyl sites for hydroxylation is 2. The summed E-state index contributed by atoms with van der Waals surface area (Å²) in [5.41, 5.74) is 4.57. The molecule has 0 aliphatic heterocycles. The van der Waals surface area contributed by atoms with Gasteiger partial charge in [0.1, 0.15) is 10.4 Å². The van der Waals surface area contributed by atoms with Gasteiger partial charge in [0.15, 0.2) is 0 Å². The van der Waals surface area contributed by atoms with Gasteiger partial charge >= 0.3 is 0 Å². The minimum absolute atomic E-state index is 0.303. The first kappa shape index (κ1) is 12.5. The number of nitrogens with zero attached hydrogens (tertiary/aromatic N) is 1. The molecule has 3 rings (SSSR count). The van der Waals surface area contributed by atoms with Crippen molar-refractivity contribution in [3.8, 4) is 5.75 Å². The molecular formula is C15H15BrN2O. The number of nitrogens with one attached hydrogen (secondary N) is 1. The van der Waals surface area contributed by atoms with Crippen LogP contribution in [0.25, 0.3) is 0 Å². The Balaban J connectivity index is 1.86. The maximum atomic E-state index is 9.51. The van der Waals surface area contributed by atoms with E-state index in [2.05, 4.69) is 26.2 Å². The van der Waals surface area contributed by atoms with E-state index in [0.29, 0.717) is 11.8 Å². The number of phenolic OH excluding ortho intramolecular Hbond substituents is 1. The van der Waals surface area contributed by atoms with Crippen molar-refractivity contribution in [1.82, 2.24) is 4.98 Å². The van der Waals surface area contributed by atoms with Crippen LogP contribution in [-0.2, 0) is 6.42 Å². The highest BCUT2D eigenvalue weighted by molar-refractivity contribution is 9.10. The van der Waals surface area contributed by atoms with Gasteiger partial charge in [0, 0.05) is 0 Å². The van der Waals surface area contributed by atoms with Crippen molar-refractivity contribution in [2.45, 2.75) is 25.8 Å². The zero-order valence-corrected chi connectivity index (χ0v) is 12.2. The topological polar surface area (TPSA) is 45.2 Å². The van der Waals surface area contributed by atoms with Crippen LogP contribution in [0.1, 0.15) is 29.3 Å². The molecule has 2 N–H and O–H groups in total. The van der Waals surface area contributed by atoms with Gasteiger partial charge in [-0.05, 0) is 71.1 Å². The quantitative estimate of drug-likeness (QED) is 0.824. The molecule has 0 amide bonds. The van der Waals surface area contributed by atoms with Gasteiger partial charge < -0.3 is 10.4 Å². The number of aromatic nitrogens is 1. The van der Waals surface area contributed by atoms with Gasteiger partial charge in [-0.3, -0.25) is 0 Å². The van der Waals surface area contributed by atoms with Crippen LogP contribution in [-0.4, -0.2) is 10.1 Å². The lowest BCUT2D eigenvalue weighted by Crippen LogP contribution is -2.08. The standard InChI is InChI=1S/C15H15BrN2O/c1-9-13(6-7-15(16)17-9)18-14-5-2-10-8-11(19)3-4-12(10)14/h3-4,6-8,14,18-19H,2,5H2,1H3. The van der Waals surface area contributed by atoms with Crippen molar-refractivity contribution in [2.24, 2.45) is 0 Å². The summed E-state index contributed by atoms with van der Waals surface area (Å²) in [7, 11) is 0. The second-order valence-corrected chi connectivity index (χ2v) is 5.70. The van der Waals surface area contributed by atoms with Crippen LogP contribution < -0.4 is 5.32 Å². The third-order valence-electron chi connectivity index (χ3n) is 3.59. The van der Waals surface area contributed by atoms with Crippen LogP contribution in [0.3, 0.4) is 0 Å². The summed E-state index contributed by atoms with van der Waals surface area (Å²) in [6.07, 6.45) is 2.05. The third-order valence-corrected chi connectivity index (χ3v) is 4.03. The van der Waals surface area contributed by atoms with Gasteiger partial charge in [0.2, 0.25) is 0 Å². The van der Waals surface area contributed by atoms with E-state index in [4.69, 9.17) is 0 Å². The van der Waals surface area contributed by atoms with Crippen LogP contribution in [0, 0.1) is 6.92 Å². The minimum Gasteiger partial charge on any atom is -0.508 e. The zero-order valence-electron chi connectivity index (χ0n) is 10.7. The fourth-order valence-corrected chi connectivity index (χ4v) is 3.02. The predicted octanol–water partition coefficient (Wildman–Crippen LogP) is 3.96. The molecule has 4 heteroatoms. The number of benzene rings is 1. The maximum Gasteiger partial charge on any atom is 0.115 e. The summed E-state index contributed by atoms with van der Waals surface area (Å²) in [5.74, 6) is 0.348. The second-order valence-electron chi connectivity index (χ2n) is 4.89. The second kappa shape index (κ2) is 4.85. The van der Waals surface area contributed by atoms with Crippen LogP contribution >= 0.6 is 15.9 Å². The highest BCUT2D eigenvalue weighted by Crippen LogP contribution is 2.36. The van der Waals surface area contributed by atoms with Crippen molar-refractivity contribution >= 4 is 21.6 Å². The molecule has 19 heavy (non-hydrogen) atoms. The Morgan fingerprint density at radius 2 is 2.16 bits per heavy atom. The number of hydrogen-bond donors (Lipinski definition) is 2. The number of rotatable bonds is 2. The van der Waals surface area contributed by atoms with Gasteiger partial charge in [-0.1, -0.05) is 6.07 Å². The molecule has 0 fully saturated rings. The summed E-state index contributed by atoms with van der Waals surface area (Å²) in [6.45, 7) is 2.00. The fourth-order valence-electron chi connectivity index (χ4n) is 2.62. The summed E-state index contributed by atoms with van der Waals surface area (Å²) >= 11 is 3.38. The van der Waals surface area contributed by atoms with E-state index in [1.807, 2.05) is 31.2 Å². The van der Waals surface area contributed by atoms with Crippen molar-refractivity contribution in [3.63, 3.8) is 0 Å². The minimum atomic E-state index is 0.303. The van der Waals surface area contributed by atoms with Crippen molar-refractivity contribution in [3.05, 3.63) is 51.8 Å². The van der Waals surface area contributed by atoms with E-state index in [0.717, 1.165) is 28.8 Å². The number of hydrogen-bond acceptors (Lipinski definition) is 3. The van der Waals surface area contributed by atoms with E-state index in [1.54, 1.807) is 6.07 Å². The number of phenols is 1. The van der Waals surface area contributed by atoms with E-state index < -0.39 is 0 Å². The Morgan fingerprint density at radius 1 is 1.32 bits per heavy atom. The number of anilines is 1. The van der Waals surface area contributed by atoms with Crippen LogP contribution in [0.2, 0.25) is 0 Å². The molecule has 1 unspecified atom stereocenters. The number of fused-ring (bicyclic) bond motifs is 1. The van der Waals surface area contributed by atoms with Crippen LogP contribution in [0.15, 0.2) is 34.9 Å². The van der Waals surface area contributed by atoms with Gasteiger partial charge in [-0.2, -0.15) is 0 Å². The first-order valence-corrected chi connectivity index (χ1v) is 7.14. The molecule has 1 aromatic carbocycles. The first-order chi connectivity index (χ1) is 9.13. The Bertz CT molecular complexity index is 628. The molecular weight excluding hydrogens is 304 g/mol. The van der Waals surface area contributed by atoms with E-state index >= 15 is 0 Å². The highest BCUT2D eigenvalue weighted by Gasteiger charge is 2.23. The van der Waals surface area contributed by atoms with E-state index in [1.165, 1.54) is 11.1 Å². The monoisotopic (exact) mass is 318 g/mol. The molecule has 0 saturated heterocycles. The fraction of sp³-hybridized carbons (Fsp3) is 0.267. The van der Waals surface area contributed by atoms with Crippen molar-refractivity contribution < 1.29 is 5.11 Å². The SMILES string of the molecule is Cc1nc(Br)ccc1NC1CCc2cc(O)ccc21. The zero-order chi connectivity index (χ0) is 13.4. The van der Waals surface area contributed by atoms with Crippen molar-refractivity contribution in [2.75, 3.05) is 5.32 Å². The van der Waals surface area contributed by atoms with Crippen molar-refractivity contribution in [1.29, 1.82) is 0 Å². The van der Waals surface area contributed by atoms with Gasteiger partial charge in [0.05, 0.1) is 17.4 Å². The smallest absolute Gasteiger partial charge is 0.115 e. The molecule has 0 saturated carbocycles. The summed E-state index contributed by atoms with van der Waals surface area (Å²) in [4.78, 5) is 4.40. The molecule has 3 nitrogen and oxygen atoms in total. The Labute approximate surface area is 120 Å². The van der Waals surface area contributed by atoms with Gasteiger partial charge in [-0.25, -0.2) is 4.98 Å². The lowest BCUT2D eigenvalue weighted by atomic mass is 10.1. The normalized spacial score (nSPS) is 17.3. The lowest BCUT2D eigenvalue weighted by molar-refractivity contribution is 0.474. The highest BCUT2D eigenvalue weighted by atomic mass is 79.9. The number of aromatic hydroxyl groups is 1. The molecule has 0 bridgehead atoms. The predicted molar refractivity (Wildman–Crippen MR) is 79.5 cm³/mol. The molecule has 98 valence electrons. The molecule has 1 aliphatic rings. The van der Waals surface area contributed by atoms with E-state index in [9.17, 15) is 5.11 Å². The summed E-state index contributed by atoms with van der Waals surface area (Å²) in [5, 5.41) is 13.1. The molecule has 0 spiro atoms. The molecule has 1 aliphatic carbocycles. The third kappa shape index (κ3) is 2.45. The van der Waals surface area contributed by atoms with Crippen LogP contribution in [0.4, 0.5) is 5.69 Å². The van der Waals surface area contributed by atoms with Gasteiger partial charge in [0.25, 0.3) is 0 Å². The summed E-state index contributed by atoms with van der Waals surface area (Å²) in [6, 6.07) is 9.93. The average molecular weight is 319 g/mol.